The Morgan fingerprint density at radius 2 is 2.13 bits per heavy atom. The third-order valence-corrected chi connectivity index (χ3v) is 4.26. The molecule has 1 aromatic heterocycles. The molecule has 0 spiro atoms. The van der Waals surface area contributed by atoms with Crippen LogP contribution >= 0.6 is 11.8 Å². The van der Waals surface area contributed by atoms with Gasteiger partial charge in [0.2, 0.25) is 0 Å². The number of aromatic amines is 1. The van der Waals surface area contributed by atoms with Crippen LogP contribution in [0.25, 0.3) is 22.7 Å². The zero-order valence-electron chi connectivity index (χ0n) is 12.8. The van der Waals surface area contributed by atoms with E-state index in [1.807, 2.05) is 54.8 Å². The summed E-state index contributed by atoms with van der Waals surface area (Å²) in [5.41, 5.74) is 3.15. The number of H-pyrrole nitrogens is 1. The largest absolute Gasteiger partial charge is 0.496 e. The van der Waals surface area contributed by atoms with Crippen molar-refractivity contribution in [3.8, 4) is 11.8 Å². The minimum absolute atomic E-state index is 0.486. The molecule has 0 bridgehead atoms. The first-order chi connectivity index (χ1) is 11.2. The second-order valence-corrected chi connectivity index (χ2v) is 5.73. The van der Waals surface area contributed by atoms with Gasteiger partial charge in [0.05, 0.1) is 23.7 Å². The van der Waals surface area contributed by atoms with E-state index >= 15 is 0 Å². The van der Waals surface area contributed by atoms with Crippen LogP contribution in [0.2, 0.25) is 0 Å². The molecule has 3 rings (SSSR count). The summed E-state index contributed by atoms with van der Waals surface area (Å²) in [6.45, 7) is 0. The molecule has 23 heavy (non-hydrogen) atoms. The lowest BCUT2D eigenvalue weighted by Gasteiger charge is -2.07. The van der Waals surface area contributed by atoms with Crippen LogP contribution in [0, 0.1) is 11.3 Å². The van der Waals surface area contributed by atoms with E-state index < -0.39 is 0 Å². The highest BCUT2D eigenvalue weighted by molar-refractivity contribution is 7.98. The molecule has 0 atom stereocenters. The highest BCUT2D eigenvalue weighted by atomic mass is 32.2. The number of nitriles is 1. The summed E-state index contributed by atoms with van der Waals surface area (Å²) in [7, 11) is 1.65. The molecule has 0 aliphatic heterocycles. The van der Waals surface area contributed by atoms with E-state index in [0.29, 0.717) is 11.4 Å². The van der Waals surface area contributed by atoms with Gasteiger partial charge in [-0.2, -0.15) is 5.26 Å². The number of hydrogen-bond acceptors (Lipinski definition) is 4. The van der Waals surface area contributed by atoms with Crippen molar-refractivity contribution in [3.63, 3.8) is 0 Å². The topological polar surface area (TPSA) is 61.7 Å². The van der Waals surface area contributed by atoms with Crippen molar-refractivity contribution < 1.29 is 4.74 Å². The van der Waals surface area contributed by atoms with Gasteiger partial charge in [0.1, 0.15) is 17.6 Å². The Morgan fingerprint density at radius 3 is 2.83 bits per heavy atom. The molecule has 5 heteroatoms. The molecule has 0 unspecified atom stereocenters. The Balaban J connectivity index is 2.03. The summed E-state index contributed by atoms with van der Waals surface area (Å²) in [4.78, 5) is 8.72. The fraction of sp³-hybridized carbons (Fsp3) is 0.111. The summed E-state index contributed by atoms with van der Waals surface area (Å²) in [6.07, 6.45) is 3.81. The number of aromatic nitrogens is 2. The van der Waals surface area contributed by atoms with Crippen LogP contribution in [-0.4, -0.2) is 23.3 Å². The Hall–Kier alpha value is -2.71. The first kappa shape index (κ1) is 15.2. The van der Waals surface area contributed by atoms with E-state index in [0.717, 1.165) is 27.2 Å². The summed E-state index contributed by atoms with van der Waals surface area (Å²) < 4.78 is 5.39. The number of allylic oxidation sites excluding steroid dienone is 1. The van der Waals surface area contributed by atoms with Gasteiger partial charge in [0, 0.05) is 4.90 Å². The SMILES string of the molecule is COc1cc(/C=C(/C#N)c2nc3ccccc3[nH]2)ccc1SC. The number of imidazole rings is 1. The molecule has 1 N–H and O–H groups in total. The molecule has 0 saturated heterocycles. The molecule has 1 heterocycles. The maximum absolute atomic E-state index is 9.48. The van der Waals surface area contributed by atoms with E-state index in [-0.39, 0.29) is 0 Å². The maximum Gasteiger partial charge on any atom is 0.149 e. The molecule has 0 radical (unpaired) electrons. The summed E-state index contributed by atoms with van der Waals surface area (Å²) in [6, 6.07) is 15.8. The number of ether oxygens (including phenoxy) is 1. The Morgan fingerprint density at radius 1 is 1.30 bits per heavy atom. The number of methoxy groups -OCH3 is 1. The van der Waals surface area contributed by atoms with Crippen molar-refractivity contribution >= 4 is 34.4 Å². The average molecular weight is 321 g/mol. The number of nitrogens with zero attached hydrogens (tertiary/aromatic N) is 2. The lowest BCUT2D eigenvalue weighted by Crippen LogP contribution is -1.88. The van der Waals surface area contributed by atoms with Gasteiger partial charge >= 0.3 is 0 Å². The standard InChI is InChI=1S/C18H15N3OS/c1-22-16-10-12(7-8-17(16)23-2)9-13(11-19)18-20-14-5-3-4-6-15(14)21-18/h3-10H,1-2H3,(H,20,21)/b13-9-. The summed E-state index contributed by atoms with van der Waals surface area (Å²) >= 11 is 1.62. The first-order valence-electron chi connectivity index (χ1n) is 7.04. The second kappa shape index (κ2) is 6.59. The molecule has 3 aromatic rings. The van der Waals surface area contributed by atoms with Crippen molar-refractivity contribution in [1.82, 2.24) is 9.97 Å². The highest BCUT2D eigenvalue weighted by Crippen LogP contribution is 2.29. The average Bonchev–Trinajstić information content (AvgIpc) is 3.03. The lowest BCUT2D eigenvalue weighted by atomic mass is 10.1. The maximum atomic E-state index is 9.48. The van der Waals surface area contributed by atoms with Gasteiger partial charge in [-0.05, 0) is 42.2 Å². The summed E-state index contributed by atoms with van der Waals surface area (Å²) in [5.74, 6) is 1.37. The predicted molar refractivity (Wildman–Crippen MR) is 94.4 cm³/mol. The van der Waals surface area contributed by atoms with E-state index in [1.54, 1.807) is 18.9 Å². The van der Waals surface area contributed by atoms with Crippen molar-refractivity contribution in [2.45, 2.75) is 4.90 Å². The van der Waals surface area contributed by atoms with Gasteiger partial charge < -0.3 is 9.72 Å². The van der Waals surface area contributed by atoms with E-state index in [4.69, 9.17) is 4.74 Å². The van der Waals surface area contributed by atoms with Gasteiger partial charge in [0.15, 0.2) is 0 Å². The van der Waals surface area contributed by atoms with Crippen molar-refractivity contribution in [1.29, 1.82) is 5.26 Å². The highest BCUT2D eigenvalue weighted by Gasteiger charge is 2.09. The molecule has 4 nitrogen and oxygen atoms in total. The first-order valence-corrected chi connectivity index (χ1v) is 8.26. The van der Waals surface area contributed by atoms with Crippen LogP contribution < -0.4 is 4.74 Å². The normalized spacial score (nSPS) is 11.4. The zero-order valence-corrected chi connectivity index (χ0v) is 13.6. The second-order valence-electron chi connectivity index (χ2n) is 4.89. The fourth-order valence-corrected chi connectivity index (χ4v) is 2.89. The predicted octanol–water partition coefficient (Wildman–Crippen LogP) is 4.36. The van der Waals surface area contributed by atoms with Crippen LogP contribution in [0.1, 0.15) is 11.4 Å². The van der Waals surface area contributed by atoms with Gasteiger partial charge in [0.25, 0.3) is 0 Å². The lowest BCUT2D eigenvalue weighted by molar-refractivity contribution is 0.405. The monoisotopic (exact) mass is 321 g/mol. The molecule has 0 aliphatic carbocycles. The Kier molecular flexibility index (Phi) is 4.35. The molecule has 114 valence electrons. The van der Waals surface area contributed by atoms with Crippen molar-refractivity contribution in [2.24, 2.45) is 0 Å². The van der Waals surface area contributed by atoms with E-state index in [2.05, 4.69) is 16.0 Å². The van der Waals surface area contributed by atoms with Crippen LogP contribution in [0.4, 0.5) is 0 Å². The van der Waals surface area contributed by atoms with Crippen LogP contribution in [0.3, 0.4) is 0 Å². The van der Waals surface area contributed by atoms with Crippen LogP contribution in [0.5, 0.6) is 5.75 Å². The minimum atomic E-state index is 0.486. The third kappa shape index (κ3) is 3.08. The quantitative estimate of drug-likeness (QED) is 0.573. The molecular weight excluding hydrogens is 306 g/mol. The number of benzene rings is 2. The van der Waals surface area contributed by atoms with Crippen LogP contribution in [-0.2, 0) is 0 Å². The van der Waals surface area contributed by atoms with Gasteiger partial charge in [-0.1, -0.05) is 18.2 Å². The van der Waals surface area contributed by atoms with Crippen molar-refractivity contribution in [2.75, 3.05) is 13.4 Å². The molecular formula is C18H15N3OS. The molecule has 0 fully saturated rings. The zero-order chi connectivity index (χ0) is 16.2. The smallest absolute Gasteiger partial charge is 0.149 e. The Labute approximate surface area is 138 Å². The van der Waals surface area contributed by atoms with Gasteiger partial charge in [-0.15, -0.1) is 11.8 Å². The third-order valence-electron chi connectivity index (χ3n) is 3.48. The van der Waals surface area contributed by atoms with Crippen molar-refractivity contribution in [3.05, 3.63) is 53.9 Å². The molecule has 0 amide bonds. The van der Waals surface area contributed by atoms with Crippen LogP contribution in [0.15, 0.2) is 47.4 Å². The van der Waals surface area contributed by atoms with E-state index in [9.17, 15) is 5.26 Å². The number of fused-ring (bicyclic) bond motifs is 1. The molecule has 0 aliphatic rings. The Bertz CT molecular complexity index is 888. The number of nitrogens with one attached hydrogen (secondary N) is 1. The molecule has 0 saturated carbocycles. The number of para-hydroxylation sites is 2. The summed E-state index contributed by atoms with van der Waals surface area (Å²) in [5, 5.41) is 9.48. The van der Waals surface area contributed by atoms with Gasteiger partial charge in [-0.3, -0.25) is 0 Å². The van der Waals surface area contributed by atoms with E-state index in [1.165, 1.54) is 0 Å². The number of hydrogen-bond donors (Lipinski definition) is 1. The number of thioether (sulfide) groups is 1. The number of rotatable bonds is 4. The molecule has 2 aromatic carbocycles. The fourth-order valence-electron chi connectivity index (χ4n) is 2.34. The van der Waals surface area contributed by atoms with Gasteiger partial charge in [-0.25, -0.2) is 4.98 Å². The minimum Gasteiger partial charge on any atom is -0.496 e.